The van der Waals surface area contributed by atoms with Crippen molar-refractivity contribution in [2.24, 2.45) is 0 Å². The van der Waals surface area contributed by atoms with Crippen LogP contribution in [0.2, 0.25) is 0 Å². The molecule has 10 aromatic rings. The van der Waals surface area contributed by atoms with Crippen LogP contribution in [0.3, 0.4) is 0 Å². The summed E-state index contributed by atoms with van der Waals surface area (Å²) in [5, 5.41) is 13.7. The van der Waals surface area contributed by atoms with Gasteiger partial charge in [-0.15, -0.1) is 0 Å². The summed E-state index contributed by atoms with van der Waals surface area (Å²) in [6.07, 6.45) is 0. The first kappa shape index (κ1) is 32.0. The van der Waals surface area contributed by atoms with E-state index in [1.807, 2.05) is 91.0 Å². The number of benzene rings is 8. The Kier molecular flexibility index (Phi) is 7.79. The van der Waals surface area contributed by atoms with Crippen molar-refractivity contribution in [3.8, 4) is 73.6 Å². The Hall–Kier alpha value is -7.68. The zero-order valence-corrected chi connectivity index (χ0v) is 29.5. The molecule has 0 aliphatic heterocycles. The maximum Gasteiger partial charge on any atom is 0.164 e. The van der Waals surface area contributed by atoms with E-state index in [0.29, 0.717) is 23.0 Å². The van der Waals surface area contributed by atoms with Gasteiger partial charge in [0.1, 0.15) is 11.2 Å². The summed E-state index contributed by atoms with van der Waals surface area (Å²) in [5.74, 6) is 1.71. The van der Waals surface area contributed by atoms with Crippen LogP contribution in [0, 0.1) is 11.3 Å². The van der Waals surface area contributed by atoms with E-state index in [0.717, 1.165) is 71.7 Å². The van der Waals surface area contributed by atoms with Gasteiger partial charge in [-0.1, -0.05) is 152 Å². The van der Waals surface area contributed by atoms with Gasteiger partial charge in [-0.2, -0.15) is 5.26 Å². The van der Waals surface area contributed by atoms with Crippen molar-refractivity contribution in [2.75, 3.05) is 0 Å². The number of hydrogen-bond donors (Lipinski definition) is 0. The quantitative estimate of drug-likeness (QED) is 0.172. The van der Waals surface area contributed by atoms with Gasteiger partial charge in [0, 0.05) is 27.5 Å². The minimum absolute atomic E-state index is 0.554. The van der Waals surface area contributed by atoms with Gasteiger partial charge in [-0.25, -0.2) is 15.0 Å². The van der Waals surface area contributed by atoms with Crippen molar-refractivity contribution >= 4 is 32.7 Å². The summed E-state index contributed by atoms with van der Waals surface area (Å²) in [6.45, 7) is 0. The Bertz CT molecular complexity index is 3080. The number of nitriles is 1. The molecule has 2 heterocycles. The number of aromatic nitrogens is 3. The fraction of sp³-hybridized carbons (Fsp3) is 0. The third-order valence-corrected chi connectivity index (χ3v) is 10.2. The van der Waals surface area contributed by atoms with Crippen LogP contribution < -0.4 is 0 Å². The van der Waals surface area contributed by atoms with Crippen molar-refractivity contribution in [1.29, 1.82) is 5.26 Å². The zero-order valence-electron chi connectivity index (χ0n) is 29.5. The van der Waals surface area contributed by atoms with Crippen molar-refractivity contribution < 1.29 is 4.42 Å². The summed E-state index contributed by atoms with van der Waals surface area (Å²) < 4.78 is 6.54. The fourth-order valence-corrected chi connectivity index (χ4v) is 7.43. The Morgan fingerprint density at radius 2 is 0.964 bits per heavy atom. The van der Waals surface area contributed by atoms with Crippen LogP contribution in [0.1, 0.15) is 5.56 Å². The second kappa shape index (κ2) is 13.4. The Labute approximate surface area is 317 Å². The number of fused-ring (bicyclic) bond motifs is 4. The molecule has 55 heavy (non-hydrogen) atoms. The molecule has 2 aromatic heterocycles. The van der Waals surface area contributed by atoms with Gasteiger partial charge in [0.05, 0.1) is 11.6 Å². The van der Waals surface area contributed by atoms with Crippen LogP contribution in [0.15, 0.2) is 186 Å². The molecule has 0 fully saturated rings. The van der Waals surface area contributed by atoms with Crippen molar-refractivity contribution in [2.45, 2.75) is 0 Å². The summed E-state index contributed by atoms with van der Waals surface area (Å²) in [7, 11) is 0. The van der Waals surface area contributed by atoms with E-state index in [1.165, 1.54) is 11.1 Å². The maximum atomic E-state index is 9.43. The average molecular weight is 703 g/mol. The molecule has 0 unspecified atom stereocenters. The topological polar surface area (TPSA) is 75.6 Å². The highest BCUT2D eigenvalue weighted by Gasteiger charge is 2.18. The van der Waals surface area contributed by atoms with Crippen molar-refractivity contribution in [3.63, 3.8) is 0 Å². The van der Waals surface area contributed by atoms with E-state index in [1.54, 1.807) is 0 Å². The van der Waals surface area contributed by atoms with E-state index >= 15 is 0 Å². The third-order valence-electron chi connectivity index (χ3n) is 10.2. The average Bonchev–Trinajstić information content (AvgIpc) is 3.65. The summed E-state index contributed by atoms with van der Waals surface area (Å²) in [4.78, 5) is 15.2. The maximum absolute atomic E-state index is 9.43. The van der Waals surface area contributed by atoms with Gasteiger partial charge >= 0.3 is 0 Å². The molecule has 0 aliphatic rings. The summed E-state index contributed by atoms with van der Waals surface area (Å²) >= 11 is 0. The third kappa shape index (κ3) is 5.89. The molecule has 0 radical (unpaired) electrons. The largest absolute Gasteiger partial charge is 0.456 e. The number of rotatable bonds is 6. The molecular weight excluding hydrogens is 673 g/mol. The molecule has 256 valence electrons. The van der Waals surface area contributed by atoms with Crippen LogP contribution in [-0.4, -0.2) is 15.0 Å². The van der Waals surface area contributed by atoms with Gasteiger partial charge in [-0.3, -0.25) is 0 Å². The van der Waals surface area contributed by atoms with E-state index in [-0.39, 0.29) is 0 Å². The zero-order chi connectivity index (χ0) is 36.7. The summed E-state index contributed by atoms with van der Waals surface area (Å²) in [6, 6.07) is 64.1. The molecule has 8 aromatic carbocycles. The van der Waals surface area contributed by atoms with Crippen LogP contribution in [0.4, 0.5) is 0 Å². The molecular formula is C50H30N4O. The Morgan fingerprint density at radius 1 is 0.382 bits per heavy atom. The van der Waals surface area contributed by atoms with E-state index in [2.05, 4.69) is 97.1 Å². The predicted octanol–water partition coefficient (Wildman–Crippen LogP) is 12.8. The number of furan rings is 1. The molecule has 0 spiro atoms. The van der Waals surface area contributed by atoms with Gasteiger partial charge in [0.25, 0.3) is 0 Å². The molecule has 0 saturated heterocycles. The van der Waals surface area contributed by atoms with Gasteiger partial charge in [-0.05, 0) is 74.5 Å². The minimum Gasteiger partial charge on any atom is -0.456 e. The Balaban J connectivity index is 1.08. The van der Waals surface area contributed by atoms with E-state index in [4.69, 9.17) is 19.4 Å². The smallest absolute Gasteiger partial charge is 0.164 e. The molecule has 5 heteroatoms. The second-order valence-corrected chi connectivity index (χ2v) is 13.5. The monoisotopic (exact) mass is 702 g/mol. The first-order valence-electron chi connectivity index (χ1n) is 18.2. The highest BCUT2D eigenvalue weighted by molar-refractivity contribution is 6.13. The predicted molar refractivity (Wildman–Crippen MR) is 222 cm³/mol. The lowest BCUT2D eigenvalue weighted by atomic mass is 9.96. The van der Waals surface area contributed by atoms with Gasteiger partial charge in [0.15, 0.2) is 17.5 Å². The molecule has 0 atom stereocenters. The molecule has 0 bridgehead atoms. The van der Waals surface area contributed by atoms with E-state index < -0.39 is 0 Å². The molecule has 0 saturated carbocycles. The molecule has 0 amide bonds. The highest BCUT2D eigenvalue weighted by atomic mass is 16.3. The molecule has 0 N–H and O–H groups in total. The fourth-order valence-electron chi connectivity index (χ4n) is 7.43. The molecule has 5 nitrogen and oxygen atoms in total. The van der Waals surface area contributed by atoms with Crippen LogP contribution >= 0.6 is 0 Å². The number of nitrogens with zero attached hydrogens (tertiary/aromatic N) is 4. The Morgan fingerprint density at radius 3 is 1.78 bits per heavy atom. The minimum atomic E-state index is 0.554. The normalized spacial score (nSPS) is 11.3. The molecule has 10 rings (SSSR count). The van der Waals surface area contributed by atoms with Crippen LogP contribution in [-0.2, 0) is 0 Å². The standard InChI is InChI=1S/C50H30N4O/c51-31-32-9-6-14-39(29-32)35-21-25-38(26-22-35)48-52-49(54-50(53-48)43-17-7-13-36-12-4-5-15-41(36)43)40-27-28-44-46(30-40)55-45-18-8-16-42(47(44)45)37-23-19-34(20-24-37)33-10-2-1-3-11-33/h1-30H. The van der Waals surface area contributed by atoms with Crippen molar-refractivity contribution in [3.05, 3.63) is 188 Å². The highest BCUT2D eigenvalue weighted by Crippen LogP contribution is 2.39. The van der Waals surface area contributed by atoms with Crippen LogP contribution in [0.5, 0.6) is 0 Å². The first-order valence-corrected chi connectivity index (χ1v) is 18.2. The number of hydrogen-bond acceptors (Lipinski definition) is 5. The van der Waals surface area contributed by atoms with E-state index in [9.17, 15) is 5.26 Å². The lowest BCUT2D eigenvalue weighted by Crippen LogP contribution is -2.00. The lowest BCUT2D eigenvalue weighted by molar-refractivity contribution is 0.669. The second-order valence-electron chi connectivity index (χ2n) is 13.5. The van der Waals surface area contributed by atoms with Crippen molar-refractivity contribution in [1.82, 2.24) is 15.0 Å². The lowest BCUT2D eigenvalue weighted by Gasteiger charge is -2.11. The first-order chi connectivity index (χ1) is 27.2. The summed E-state index contributed by atoms with van der Waals surface area (Å²) in [5.41, 5.74) is 11.4. The molecule has 0 aliphatic carbocycles. The van der Waals surface area contributed by atoms with Gasteiger partial charge < -0.3 is 4.42 Å². The van der Waals surface area contributed by atoms with Crippen LogP contribution in [0.25, 0.3) is 100 Å². The van der Waals surface area contributed by atoms with Gasteiger partial charge in [0.2, 0.25) is 0 Å². The SMILES string of the molecule is N#Cc1cccc(-c2ccc(-c3nc(-c4ccc5c(c4)oc4cccc(-c6ccc(-c7ccccc7)cc6)c45)nc(-c4cccc5ccccc45)n3)cc2)c1.